The van der Waals surface area contributed by atoms with Crippen LogP contribution in [-0.4, -0.2) is 71.8 Å². The van der Waals surface area contributed by atoms with Gasteiger partial charge in [0.15, 0.2) is 0 Å². The Balaban J connectivity index is 1.18. The van der Waals surface area contributed by atoms with Crippen LogP contribution in [0.1, 0.15) is 48.9 Å². The lowest BCUT2D eigenvalue weighted by atomic mass is 9.83. The van der Waals surface area contributed by atoms with E-state index in [0.717, 1.165) is 5.56 Å². The van der Waals surface area contributed by atoms with Crippen molar-refractivity contribution < 1.29 is 23.9 Å². The Hall–Kier alpha value is -5.21. The fraction of sp³-hybridized carbons (Fsp3) is 0.275. The summed E-state index contributed by atoms with van der Waals surface area (Å²) >= 11 is 0. The molecule has 0 bridgehead atoms. The predicted octanol–water partition coefficient (Wildman–Crippen LogP) is 6.57. The van der Waals surface area contributed by atoms with Crippen molar-refractivity contribution in [3.63, 3.8) is 0 Å². The monoisotopic (exact) mass is 643 g/mol. The zero-order valence-electron chi connectivity index (χ0n) is 27.5. The van der Waals surface area contributed by atoms with Gasteiger partial charge in [0.1, 0.15) is 18.0 Å². The number of benzene rings is 4. The number of amides is 2. The van der Waals surface area contributed by atoms with Crippen molar-refractivity contribution in [2.24, 2.45) is 0 Å². The largest absolute Gasteiger partial charge is 0.463 e. The minimum atomic E-state index is -0.529. The molecule has 6 rings (SSSR count). The van der Waals surface area contributed by atoms with Crippen LogP contribution in [0.2, 0.25) is 0 Å². The van der Waals surface area contributed by atoms with Crippen LogP contribution in [0.4, 0.5) is 0 Å². The smallest absolute Gasteiger partial charge is 0.336 e. The molecule has 0 spiro atoms. The SMILES string of the molecule is CCOC(=O)C1=C(C)N(CC(=O)N2CCN(C(c3ccccc3)c3ccccc3)CC2)C(=O)CC1c1cccc(Oc2ccccc2)c1. The molecule has 0 N–H and O–H groups in total. The fourth-order valence-electron chi connectivity index (χ4n) is 6.73. The molecule has 246 valence electrons. The molecule has 2 heterocycles. The Kier molecular flexibility index (Phi) is 10.3. The molecule has 2 aliphatic rings. The Morgan fingerprint density at radius 1 is 0.771 bits per heavy atom. The number of hydrogen-bond acceptors (Lipinski definition) is 6. The second-order valence-corrected chi connectivity index (χ2v) is 12.1. The molecule has 1 atom stereocenters. The third-order valence-corrected chi connectivity index (χ3v) is 9.11. The second kappa shape index (κ2) is 15.1. The summed E-state index contributed by atoms with van der Waals surface area (Å²) < 4.78 is 11.5. The molecular weight excluding hydrogens is 602 g/mol. The normalized spacial score (nSPS) is 17.1. The number of carbonyl (C=O) groups is 3. The summed E-state index contributed by atoms with van der Waals surface area (Å²) in [6, 6.07) is 37.8. The Labute approximate surface area is 282 Å². The predicted molar refractivity (Wildman–Crippen MR) is 184 cm³/mol. The number of hydrogen-bond donors (Lipinski definition) is 0. The highest BCUT2D eigenvalue weighted by Gasteiger charge is 2.38. The lowest BCUT2D eigenvalue weighted by molar-refractivity contribution is -0.143. The molecular formula is C40H41N3O5. The molecule has 48 heavy (non-hydrogen) atoms. The molecule has 2 aliphatic heterocycles. The van der Waals surface area contributed by atoms with Gasteiger partial charge in [0.05, 0.1) is 18.2 Å². The third kappa shape index (κ3) is 7.34. The first-order valence-electron chi connectivity index (χ1n) is 16.6. The van der Waals surface area contributed by atoms with Gasteiger partial charge in [0.25, 0.3) is 0 Å². The number of rotatable bonds is 10. The number of esters is 1. The highest BCUT2D eigenvalue weighted by Crippen LogP contribution is 2.39. The van der Waals surface area contributed by atoms with Crippen LogP contribution in [0, 0.1) is 0 Å². The van der Waals surface area contributed by atoms with Gasteiger partial charge in [-0.05, 0) is 54.8 Å². The third-order valence-electron chi connectivity index (χ3n) is 9.11. The van der Waals surface area contributed by atoms with E-state index in [9.17, 15) is 14.4 Å². The van der Waals surface area contributed by atoms with E-state index >= 15 is 0 Å². The van der Waals surface area contributed by atoms with Crippen LogP contribution in [0.15, 0.2) is 127 Å². The van der Waals surface area contributed by atoms with E-state index in [1.54, 1.807) is 13.8 Å². The Morgan fingerprint density at radius 2 is 1.35 bits per heavy atom. The fourth-order valence-corrected chi connectivity index (χ4v) is 6.73. The van der Waals surface area contributed by atoms with E-state index < -0.39 is 11.9 Å². The zero-order chi connectivity index (χ0) is 33.5. The highest BCUT2D eigenvalue weighted by atomic mass is 16.5. The van der Waals surface area contributed by atoms with Gasteiger partial charge in [-0.1, -0.05) is 91.0 Å². The van der Waals surface area contributed by atoms with E-state index in [4.69, 9.17) is 9.47 Å². The van der Waals surface area contributed by atoms with Crippen LogP contribution in [-0.2, 0) is 19.1 Å². The average molecular weight is 644 g/mol. The van der Waals surface area contributed by atoms with Crippen molar-refractivity contribution in [3.8, 4) is 11.5 Å². The molecule has 0 saturated carbocycles. The van der Waals surface area contributed by atoms with Crippen molar-refractivity contribution in [2.75, 3.05) is 39.3 Å². The number of nitrogens with zero attached hydrogens (tertiary/aromatic N) is 3. The van der Waals surface area contributed by atoms with Crippen LogP contribution in [0.5, 0.6) is 11.5 Å². The number of allylic oxidation sites excluding steroid dienone is 1. The molecule has 0 aliphatic carbocycles. The van der Waals surface area contributed by atoms with Crippen LogP contribution in [0.3, 0.4) is 0 Å². The second-order valence-electron chi connectivity index (χ2n) is 12.1. The lowest BCUT2D eigenvalue weighted by Crippen LogP contribution is -2.53. The van der Waals surface area contributed by atoms with Crippen molar-refractivity contribution >= 4 is 17.8 Å². The first-order chi connectivity index (χ1) is 23.4. The molecule has 1 saturated heterocycles. The summed E-state index contributed by atoms with van der Waals surface area (Å²) in [5.74, 6) is -0.0729. The Morgan fingerprint density at radius 3 is 1.96 bits per heavy atom. The van der Waals surface area contributed by atoms with Gasteiger partial charge < -0.3 is 19.3 Å². The molecule has 1 unspecified atom stereocenters. The van der Waals surface area contributed by atoms with E-state index in [1.807, 2.05) is 71.6 Å². The first kappa shape index (κ1) is 32.7. The zero-order valence-corrected chi connectivity index (χ0v) is 27.5. The van der Waals surface area contributed by atoms with Crippen LogP contribution < -0.4 is 4.74 Å². The quantitative estimate of drug-likeness (QED) is 0.182. The van der Waals surface area contributed by atoms with E-state index in [2.05, 4.69) is 53.4 Å². The number of piperazine rings is 1. The van der Waals surface area contributed by atoms with Gasteiger partial charge >= 0.3 is 5.97 Å². The van der Waals surface area contributed by atoms with Crippen molar-refractivity contribution in [2.45, 2.75) is 32.2 Å². The van der Waals surface area contributed by atoms with Gasteiger partial charge in [-0.2, -0.15) is 0 Å². The van der Waals surface area contributed by atoms with Crippen molar-refractivity contribution in [1.29, 1.82) is 0 Å². The number of para-hydroxylation sites is 1. The maximum atomic E-state index is 13.7. The first-order valence-corrected chi connectivity index (χ1v) is 16.6. The summed E-state index contributed by atoms with van der Waals surface area (Å²) in [4.78, 5) is 46.5. The van der Waals surface area contributed by atoms with Gasteiger partial charge in [0, 0.05) is 44.2 Å². The van der Waals surface area contributed by atoms with Gasteiger partial charge in [0.2, 0.25) is 11.8 Å². The van der Waals surface area contributed by atoms with Gasteiger partial charge in [-0.15, -0.1) is 0 Å². The van der Waals surface area contributed by atoms with Crippen LogP contribution in [0.25, 0.3) is 0 Å². The van der Waals surface area contributed by atoms with Crippen molar-refractivity contribution in [1.82, 2.24) is 14.7 Å². The van der Waals surface area contributed by atoms with Gasteiger partial charge in [-0.25, -0.2) is 4.79 Å². The maximum Gasteiger partial charge on any atom is 0.336 e. The van der Waals surface area contributed by atoms with Crippen molar-refractivity contribution in [3.05, 3.63) is 143 Å². The minimum absolute atomic E-state index is 0.0389. The van der Waals surface area contributed by atoms with Crippen LogP contribution >= 0.6 is 0 Å². The molecule has 8 heteroatoms. The summed E-state index contributed by atoms with van der Waals surface area (Å²) in [6.45, 7) is 6.04. The molecule has 2 amide bonds. The summed E-state index contributed by atoms with van der Waals surface area (Å²) in [6.07, 6.45) is 0.0389. The Bertz CT molecular complexity index is 1710. The molecule has 1 fully saturated rings. The number of carbonyl (C=O) groups excluding carboxylic acids is 3. The van der Waals surface area contributed by atoms with E-state index in [1.165, 1.54) is 16.0 Å². The lowest BCUT2D eigenvalue weighted by Gasteiger charge is -2.41. The summed E-state index contributed by atoms with van der Waals surface area (Å²) in [7, 11) is 0. The summed E-state index contributed by atoms with van der Waals surface area (Å²) in [5.41, 5.74) is 4.03. The molecule has 4 aromatic rings. The molecule has 4 aromatic carbocycles. The maximum absolute atomic E-state index is 13.7. The summed E-state index contributed by atoms with van der Waals surface area (Å²) in [5, 5.41) is 0. The standard InChI is InChI=1S/C40H41N3O5/c1-3-47-40(46)38-29(2)43(36(44)27-35(38)32-18-13-21-34(26-32)48-33-19-11-6-12-20-33)28-37(45)41-22-24-42(25-23-41)39(30-14-7-4-8-15-30)31-16-9-5-10-17-31/h4-21,26,35,39H,3,22-25,27-28H2,1-2H3. The van der Waals surface area contributed by atoms with E-state index in [0.29, 0.717) is 48.9 Å². The average Bonchev–Trinajstić information content (AvgIpc) is 3.12. The van der Waals surface area contributed by atoms with E-state index in [-0.39, 0.29) is 37.4 Å². The minimum Gasteiger partial charge on any atom is -0.463 e. The number of ether oxygens (including phenoxy) is 2. The molecule has 8 nitrogen and oxygen atoms in total. The topological polar surface area (TPSA) is 79.4 Å². The molecule has 0 radical (unpaired) electrons. The van der Waals surface area contributed by atoms with Gasteiger partial charge in [-0.3, -0.25) is 14.5 Å². The highest BCUT2D eigenvalue weighted by molar-refractivity contribution is 5.97. The molecule has 0 aromatic heterocycles.